The van der Waals surface area contributed by atoms with Crippen molar-refractivity contribution in [3.8, 4) is 0 Å². The molecule has 1 aromatic rings. The van der Waals surface area contributed by atoms with Gasteiger partial charge >= 0.3 is 0 Å². The first kappa shape index (κ1) is 12.5. The highest BCUT2D eigenvalue weighted by Gasteiger charge is 2.40. The van der Waals surface area contributed by atoms with E-state index in [1.54, 1.807) is 66.7 Å². The molecule has 94 valence electrons. The molecule has 0 radical (unpaired) electrons. The summed E-state index contributed by atoms with van der Waals surface area (Å²) in [6.07, 6.45) is 0. The van der Waals surface area contributed by atoms with Crippen LogP contribution in [0.15, 0.2) is 35.2 Å². The van der Waals surface area contributed by atoms with Gasteiger partial charge in [-0.2, -0.15) is 15.2 Å². The van der Waals surface area contributed by atoms with Crippen LogP contribution in [0.3, 0.4) is 0 Å². The van der Waals surface area contributed by atoms with E-state index >= 15 is 0 Å². The van der Waals surface area contributed by atoms with Gasteiger partial charge in [-0.05, 0) is 12.1 Å². The summed E-state index contributed by atoms with van der Waals surface area (Å²) in [5.41, 5.74) is 2.11. The normalized spacial score (nSPS) is 24.3. The van der Waals surface area contributed by atoms with Crippen LogP contribution in [0.25, 0.3) is 0 Å². The van der Waals surface area contributed by atoms with Gasteiger partial charge in [-0.1, -0.05) is 18.2 Å². The monoisotopic (exact) mass is 256 g/mol. The van der Waals surface area contributed by atoms with Crippen LogP contribution >= 0.6 is 0 Å². The Morgan fingerprint density at radius 1 is 1.12 bits per heavy atom. The van der Waals surface area contributed by atoms with Crippen LogP contribution in [-0.4, -0.2) is 50.3 Å². The van der Waals surface area contributed by atoms with Crippen LogP contribution in [0.4, 0.5) is 0 Å². The van der Waals surface area contributed by atoms with Crippen LogP contribution in [0.1, 0.15) is 0 Å². The lowest BCUT2D eigenvalue weighted by molar-refractivity contribution is -0.0814. The molecule has 1 saturated heterocycles. The smallest absolute Gasteiger partial charge is 0.210 e. The maximum atomic E-state index is 12.4. The van der Waals surface area contributed by atoms with Crippen LogP contribution in [0, 0.1) is 0 Å². The fraction of sp³-hybridized carbons (Fsp3) is 0.400. The first-order chi connectivity index (χ1) is 7.94. The number of sulfone groups is 1. The van der Waals surface area contributed by atoms with Gasteiger partial charge in [0.05, 0.1) is 4.90 Å². The molecule has 1 unspecified atom stereocenters. The summed E-state index contributed by atoms with van der Waals surface area (Å²) < 4.78 is 24.8. The van der Waals surface area contributed by atoms with Gasteiger partial charge in [0.15, 0.2) is 5.50 Å². The summed E-state index contributed by atoms with van der Waals surface area (Å²) in [5, 5.41) is 4.96. The Balaban J connectivity index is 2.35. The van der Waals surface area contributed by atoms with Crippen molar-refractivity contribution in [2.75, 3.05) is 21.1 Å². The van der Waals surface area contributed by atoms with Gasteiger partial charge < -0.3 is 0 Å². The zero-order chi connectivity index (χ0) is 12.6. The van der Waals surface area contributed by atoms with Crippen molar-refractivity contribution in [3.05, 3.63) is 30.3 Å². The van der Waals surface area contributed by atoms with E-state index in [0.29, 0.717) is 4.90 Å². The summed E-state index contributed by atoms with van der Waals surface area (Å²) in [4.78, 5) is 0.313. The van der Waals surface area contributed by atoms with E-state index in [0.717, 1.165) is 0 Å². The number of nitrogens with zero attached hydrogens (tertiary/aromatic N) is 3. The van der Waals surface area contributed by atoms with E-state index in [1.165, 1.54) is 0 Å². The Kier molecular flexibility index (Phi) is 3.19. The fourth-order valence-corrected chi connectivity index (χ4v) is 3.32. The molecule has 1 heterocycles. The Morgan fingerprint density at radius 2 is 1.71 bits per heavy atom. The standard InChI is InChI=1S/C10H16N4O2S/c1-12-10(11-13(2)14(12)3)17(15,16)9-7-5-4-6-8-9/h4-8,10-11H,1-3H3. The van der Waals surface area contributed by atoms with Gasteiger partial charge in [0.25, 0.3) is 0 Å². The lowest BCUT2D eigenvalue weighted by Crippen LogP contribution is -2.42. The minimum Gasteiger partial charge on any atom is -0.221 e. The zero-order valence-electron chi connectivity index (χ0n) is 10.0. The lowest BCUT2D eigenvalue weighted by Gasteiger charge is -2.23. The molecule has 1 fully saturated rings. The number of hydrogen-bond donors (Lipinski definition) is 1. The zero-order valence-corrected chi connectivity index (χ0v) is 10.8. The van der Waals surface area contributed by atoms with E-state index in [9.17, 15) is 8.42 Å². The topological polar surface area (TPSA) is 55.9 Å². The largest absolute Gasteiger partial charge is 0.221 e. The maximum Gasteiger partial charge on any atom is 0.210 e. The number of benzene rings is 1. The van der Waals surface area contributed by atoms with E-state index in [1.807, 2.05) is 0 Å². The predicted molar refractivity (Wildman–Crippen MR) is 63.8 cm³/mol. The highest BCUT2D eigenvalue weighted by atomic mass is 32.2. The average Bonchev–Trinajstić information content (AvgIpc) is 2.59. The molecule has 1 aliphatic heterocycles. The maximum absolute atomic E-state index is 12.4. The number of hydrogen-bond acceptors (Lipinski definition) is 6. The summed E-state index contributed by atoms with van der Waals surface area (Å²) in [5.74, 6) is 0. The quantitative estimate of drug-likeness (QED) is 0.796. The van der Waals surface area contributed by atoms with Crippen molar-refractivity contribution in [1.82, 2.24) is 20.7 Å². The summed E-state index contributed by atoms with van der Waals surface area (Å²) in [6, 6.07) is 8.43. The Morgan fingerprint density at radius 3 is 2.18 bits per heavy atom. The highest BCUT2D eigenvalue weighted by molar-refractivity contribution is 7.92. The number of hydrazine groups is 3. The molecule has 0 amide bonds. The second kappa shape index (κ2) is 4.35. The third-order valence-electron chi connectivity index (χ3n) is 2.89. The SMILES string of the molecule is CN1NC(S(=O)(=O)c2ccccc2)N(C)N1C. The van der Waals surface area contributed by atoms with E-state index in [4.69, 9.17) is 0 Å². The molecule has 1 aromatic carbocycles. The Bertz CT molecular complexity index is 490. The molecule has 0 saturated carbocycles. The van der Waals surface area contributed by atoms with Crippen molar-refractivity contribution >= 4 is 9.84 Å². The number of rotatable bonds is 2. The van der Waals surface area contributed by atoms with E-state index < -0.39 is 15.3 Å². The first-order valence-corrected chi connectivity index (χ1v) is 6.74. The Hall–Kier alpha value is -0.990. The molecule has 1 N–H and O–H groups in total. The lowest BCUT2D eigenvalue weighted by atomic mass is 10.4. The van der Waals surface area contributed by atoms with Crippen molar-refractivity contribution in [1.29, 1.82) is 0 Å². The van der Waals surface area contributed by atoms with Crippen molar-refractivity contribution in [3.63, 3.8) is 0 Å². The fourth-order valence-electron chi connectivity index (χ4n) is 1.70. The molecule has 0 bridgehead atoms. The van der Waals surface area contributed by atoms with Crippen LogP contribution in [0.5, 0.6) is 0 Å². The molecular formula is C10H16N4O2S. The van der Waals surface area contributed by atoms with Crippen LogP contribution in [0.2, 0.25) is 0 Å². The Labute approximate surface area is 101 Å². The molecule has 2 rings (SSSR count). The first-order valence-electron chi connectivity index (χ1n) is 5.20. The summed E-state index contributed by atoms with van der Waals surface area (Å²) in [7, 11) is 1.85. The van der Waals surface area contributed by atoms with Crippen molar-refractivity contribution in [2.24, 2.45) is 0 Å². The minimum absolute atomic E-state index is 0.313. The molecular weight excluding hydrogens is 240 g/mol. The van der Waals surface area contributed by atoms with Gasteiger partial charge in [0, 0.05) is 21.1 Å². The molecule has 0 aliphatic carbocycles. The van der Waals surface area contributed by atoms with Gasteiger partial charge in [-0.25, -0.2) is 13.8 Å². The van der Waals surface area contributed by atoms with Crippen molar-refractivity contribution < 1.29 is 8.42 Å². The molecule has 7 heteroatoms. The average molecular weight is 256 g/mol. The third-order valence-corrected chi connectivity index (χ3v) is 4.82. The second-order valence-electron chi connectivity index (χ2n) is 3.93. The molecule has 1 aliphatic rings. The van der Waals surface area contributed by atoms with E-state index in [2.05, 4.69) is 5.43 Å². The molecule has 6 nitrogen and oxygen atoms in total. The molecule has 0 spiro atoms. The van der Waals surface area contributed by atoms with Gasteiger partial charge in [0.1, 0.15) is 0 Å². The molecule has 0 aromatic heterocycles. The highest BCUT2D eigenvalue weighted by Crippen LogP contribution is 2.20. The second-order valence-corrected chi connectivity index (χ2v) is 5.93. The predicted octanol–water partition coefficient (Wildman–Crippen LogP) is -0.113. The minimum atomic E-state index is -3.42. The van der Waals surface area contributed by atoms with Crippen LogP contribution in [-0.2, 0) is 9.84 Å². The summed E-state index contributed by atoms with van der Waals surface area (Å²) >= 11 is 0. The summed E-state index contributed by atoms with van der Waals surface area (Å²) in [6.45, 7) is 0. The van der Waals surface area contributed by atoms with Gasteiger partial charge in [0.2, 0.25) is 9.84 Å². The van der Waals surface area contributed by atoms with Gasteiger partial charge in [-0.3, -0.25) is 0 Å². The number of nitrogens with one attached hydrogen (secondary N) is 1. The van der Waals surface area contributed by atoms with E-state index in [-0.39, 0.29) is 0 Å². The third kappa shape index (κ3) is 2.07. The van der Waals surface area contributed by atoms with Crippen LogP contribution < -0.4 is 5.43 Å². The van der Waals surface area contributed by atoms with Gasteiger partial charge in [-0.15, -0.1) is 0 Å². The molecule has 17 heavy (non-hydrogen) atoms. The molecule has 1 atom stereocenters. The van der Waals surface area contributed by atoms with Crippen molar-refractivity contribution in [2.45, 2.75) is 10.4 Å².